The fourth-order valence-electron chi connectivity index (χ4n) is 5.42. The van der Waals surface area contributed by atoms with Crippen molar-refractivity contribution in [1.29, 1.82) is 0 Å². The molecule has 0 unspecified atom stereocenters. The van der Waals surface area contributed by atoms with Crippen molar-refractivity contribution >= 4 is 11.6 Å². The summed E-state index contributed by atoms with van der Waals surface area (Å²) in [6, 6.07) is 16.5. The number of hydrogen-bond acceptors (Lipinski definition) is 6. The normalized spacial score (nSPS) is 18.4. The van der Waals surface area contributed by atoms with Crippen LogP contribution in [0.15, 0.2) is 65.3 Å². The number of anilines is 1. The van der Waals surface area contributed by atoms with Crippen LogP contribution < -0.4 is 14.4 Å². The van der Waals surface area contributed by atoms with Gasteiger partial charge in [0.05, 0.1) is 20.0 Å². The van der Waals surface area contributed by atoms with E-state index in [9.17, 15) is 9.18 Å². The van der Waals surface area contributed by atoms with E-state index in [4.69, 9.17) is 13.9 Å². The smallest absolute Gasteiger partial charge is 0.289 e. The molecule has 202 valence electrons. The molecule has 0 spiro atoms. The monoisotopic (exact) mass is 521 g/mol. The zero-order valence-electron chi connectivity index (χ0n) is 22.0. The number of furan rings is 1. The number of benzene rings is 2. The molecule has 2 aromatic carbocycles. The predicted molar refractivity (Wildman–Crippen MR) is 144 cm³/mol. The van der Waals surface area contributed by atoms with E-state index in [-0.39, 0.29) is 17.8 Å². The average Bonchev–Trinajstić information content (AvgIpc) is 3.49. The fourth-order valence-corrected chi connectivity index (χ4v) is 5.42. The zero-order valence-corrected chi connectivity index (χ0v) is 22.0. The summed E-state index contributed by atoms with van der Waals surface area (Å²) in [7, 11) is 1.65. The first-order valence-electron chi connectivity index (χ1n) is 13.5. The highest BCUT2D eigenvalue weighted by molar-refractivity contribution is 5.91. The van der Waals surface area contributed by atoms with Gasteiger partial charge in [0.15, 0.2) is 17.3 Å². The molecule has 1 amide bonds. The highest BCUT2D eigenvalue weighted by Crippen LogP contribution is 2.30. The Hall–Kier alpha value is -3.52. The molecule has 2 fully saturated rings. The summed E-state index contributed by atoms with van der Waals surface area (Å²) in [4.78, 5) is 19.6. The number of amides is 1. The summed E-state index contributed by atoms with van der Waals surface area (Å²) in [5.74, 6) is 1.59. The van der Waals surface area contributed by atoms with Gasteiger partial charge in [-0.3, -0.25) is 9.69 Å². The van der Waals surface area contributed by atoms with E-state index >= 15 is 0 Å². The van der Waals surface area contributed by atoms with Crippen LogP contribution in [0.4, 0.5) is 10.1 Å². The summed E-state index contributed by atoms with van der Waals surface area (Å²) < 4.78 is 30.4. The maximum absolute atomic E-state index is 13.3. The second-order valence-corrected chi connectivity index (χ2v) is 9.99. The topological polar surface area (TPSA) is 58.4 Å². The molecule has 3 heterocycles. The lowest BCUT2D eigenvalue weighted by molar-refractivity contribution is 0.0548. The number of piperidine rings is 1. The number of hydrogen-bond donors (Lipinski definition) is 0. The van der Waals surface area contributed by atoms with Gasteiger partial charge in [-0.05, 0) is 73.4 Å². The SMILES string of the molecule is COc1ccc(CN2CCN(c3ccc(F)cc3)CC2)cc1OCC[C@@H]1CCCCN1C(=O)c1ccco1. The molecular weight excluding hydrogens is 485 g/mol. The molecule has 38 heavy (non-hydrogen) atoms. The third kappa shape index (κ3) is 6.30. The molecule has 2 aliphatic heterocycles. The van der Waals surface area contributed by atoms with Crippen LogP contribution in [-0.4, -0.2) is 68.2 Å². The molecule has 2 aliphatic rings. The van der Waals surface area contributed by atoms with Gasteiger partial charge < -0.3 is 23.7 Å². The molecule has 1 atom stereocenters. The number of carbonyl (C=O) groups is 1. The number of rotatable bonds is 9. The number of methoxy groups -OCH3 is 1. The highest BCUT2D eigenvalue weighted by atomic mass is 19.1. The van der Waals surface area contributed by atoms with Gasteiger partial charge in [-0.25, -0.2) is 4.39 Å². The lowest BCUT2D eigenvalue weighted by Crippen LogP contribution is -2.45. The van der Waals surface area contributed by atoms with Crippen LogP contribution >= 0.6 is 0 Å². The van der Waals surface area contributed by atoms with E-state index in [2.05, 4.69) is 21.9 Å². The molecule has 0 N–H and O–H groups in total. The Morgan fingerprint density at radius 1 is 1.00 bits per heavy atom. The largest absolute Gasteiger partial charge is 0.493 e. The Morgan fingerprint density at radius 2 is 1.82 bits per heavy atom. The van der Waals surface area contributed by atoms with Gasteiger partial charge in [0, 0.05) is 57.4 Å². The molecule has 0 saturated carbocycles. The third-order valence-electron chi connectivity index (χ3n) is 7.53. The van der Waals surface area contributed by atoms with Gasteiger partial charge in [-0.1, -0.05) is 6.07 Å². The number of likely N-dealkylation sites (tertiary alicyclic amines) is 1. The summed E-state index contributed by atoms with van der Waals surface area (Å²) in [6.45, 7) is 5.74. The van der Waals surface area contributed by atoms with Gasteiger partial charge >= 0.3 is 0 Å². The fraction of sp³-hybridized carbons (Fsp3) is 0.433. The van der Waals surface area contributed by atoms with Crippen molar-refractivity contribution < 1.29 is 23.1 Å². The van der Waals surface area contributed by atoms with Gasteiger partial charge in [0.25, 0.3) is 5.91 Å². The van der Waals surface area contributed by atoms with Crippen LogP contribution in [0.3, 0.4) is 0 Å². The zero-order chi connectivity index (χ0) is 26.3. The van der Waals surface area contributed by atoms with E-state index in [1.807, 2.05) is 23.1 Å². The molecule has 0 radical (unpaired) electrons. The van der Waals surface area contributed by atoms with Crippen molar-refractivity contribution in [3.8, 4) is 11.5 Å². The van der Waals surface area contributed by atoms with Gasteiger partial charge in [0.1, 0.15) is 5.82 Å². The van der Waals surface area contributed by atoms with E-state index in [0.717, 1.165) is 76.4 Å². The van der Waals surface area contributed by atoms with Crippen LogP contribution in [0.25, 0.3) is 0 Å². The van der Waals surface area contributed by atoms with Gasteiger partial charge in [-0.2, -0.15) is 0 Å². The maximum atomic E-state index is 13.3. The first kappa shape index (κ1) is 26.1. The Balaban J connectivity index is 1.15. The lowest BCUT2D eigenvalue weighted by atomic mass is 9.99. The van der Waals surface area contributed by atoms with Crippen molar-refractivity contribution in [2.75, 3.05) is 51.3 Å². The summed E-state index contributed by atoms with van der Waals surface area (Å²) in [5, 5.41) is 0. The lowest BCUT2D eigenvalue weighted by Gasteiger charge is -2.36. The predicted octanol–water partition coefficient (Wildman–Crippen LogP) is 5.21. The molecule has 0 aliphatic carbocycles. The quantitative estimate of drug-likeness (QED) is 0.385. The minimum absolute atomic E-state index is 0.0428. The molecule has 0 bridgehead atoms. The molecule has 3 aromatic rings. The minimum atomic E-state index is -0.205. The van der Waals surface area contributed by atoms with Crippen molar-refractivity contribution in [1.82, 2.24) is 9.80 Å². The standard InChI is InChI=1S/C30H36FN3O4/c1-36-27-12-7-23(22-32-15-17-33(18-16-32)25-10-8-24(31)9-11-25)21-29(27)38-20-13-26-5-2-3-14-34(26)30(35)28-6-4-19-37-28/h4,6-12,19,21,26H,2-3,5,13-18,20,22H2,1H3/t26-/m0/s1. The highest BCUT2D eigenvalue weighted by Gasteiger charge is 2.29. The number of ether oxygens (including phenoxy) is 2. The van der Waals surface area contributed by atoms with E-state index in [1.165, 1.54) is 17.7 Å². The maximum Gasteiger partial charge on any atom is 0.289 e. The number of carbonyl (C=O) groups excluding carboxylic acids is 1. The van der Waals surface area contributed by atoms with Crippen molar-refractivity contribution in [3.63, 3.8) is 0 Å². The van der Waals surface area contributed by atoms with Crippen LogP contribution in [-0.2, 0) is 6.54 Å². The Labute approximate surface area is 223 Å². The molecule has 2 saturated heterocycles. The van der Waals surface area contributed by atoms with E-state index < -0.39 is 0 Å². The van der Waals surface area contributed by atoms with E-state index in [0.29, 0.717) is 18.1 Å². The average molecular weight is 522 g/mol. The van der Waals surface area contributed by atoms with Crippen LogP contribution in [0, 0.1) is 5.82 Å². The first-order valence-corrected chi connectivity index (χ1v) is 13.5. The van der Waals surface area contributed by atoms with Crippen molar-refractivity contribution in [2.45, 2.75) is 38.3 Å². The molecular formula is C30H36FN3O4. The second-order valence-electron chi connectivity index (χ2n) is 9.99. The van der Waals surface area contributed by atoms with Crippen LogP contribution in [0.1, 0.15) is 41.8 Å². The van der Waals surface area contributed by atoms with Crippen molar-refractivity contribution in [3.05, 3.63) is 78.0 Å². The number of halogens is 1. The van der Waals surface area contributed by atoms with Crippen LogP contribution in [0.5, 0.6) is 11.5 Å². The van der Waals surface area contributed by atoms with Crippen molar-refractivity contribution in [2.24, 2.45) is 0 Å². The summed E-state index contributed by atoms with van der Waals surface area (Å²) in [5.41, 5.74) is 2.23. The molecule has 1 aromatic heterocycles. The van der Waals surface area contributed by atoms with E-state index in [1.54, 1.807) is 25.5 Å². The number of piperazine rings is 1. The third-order valence-corrected chi connectivity index (χ3v) is 7.53. The Morgan fingerprint density at radius 3 is 2.55 bits per heavy atom. The summed E-state index contributed by atoms with van der Waals surface area (Å²) in [6.07, 6.45) is 5.39. The van der Waals surface area contributed by atoms with Gasteiger partial charge in [-0.15, -0.1) is 0 Å². The Kier molecular flexibility index (Phi) is 8.48. The van der Waals surface area contributed by atoms with Crippen LogP contribution in [0.2, 0.25) is 0 Å². The number of nitrogens with zero attached hydrogens (tertiary/aromatic N) is 3. The molecule has 8 heteroatoms. The molecule has 7 nitrogen and oxygen atoms in total. The van der Waals surface area contributed by atoms with Gasteiger partial charge in [0.2, 0.25) is 0 Å². The first-order chi connectivity index (χ1) is 18.6. The second kappa shape index (κ2) is 12.3. The molecule has 5 rings (SSSR count). The summed E-state index contributed by atoms with van der Waals surface area (Å²) >= 11 is 0. The minimum Gasteiger partial charge on any atom is -0.493 e. The Bertz CT molecular complexity index is 1180.